The number of pyridine rings is 1. The molecule has 0 aliphatic carbocycles. The first-order valence-corrected chi connectivity index (χ1v) is 11.8. The number of hydrogen-bond donors (Lipinski definition) is 0. The third-order valence-electron chi connectivity index (χ3n) is 6.75. The summed E-state index contributed by atoms with van der Waals surface area (Å²) in [5.41, 5.74) is 2.58. The Labute approximate surface area is 199 Å². The monoisotopic (exact) mass is 459 g/mol. The lowest BCUT2D eigenvalue weighted by molar-refractivity contribution is 0.0648. The standard InChI is InChI=1S/C25H29N7O2/c1-18-21-22(19(2)32(18)20-8-3-4-9-26-20)24(34)31(23(21)33)13-6-5-12-29-14-16-30(17-15-29)25-27-10-7-11-28-25/h3-4,7-11H,5-6,12-17H2,1-2H3. The number of piperazine rings is 1. The Hall–Kier alpha value is -3.59. The van der Waals surface area contributed by atoms with E-state index in [1.165, 1.54) is 4.90 Å². The summed E-state index contributed by atoms with van der Waals surface area (Å²) in [6.07, 6.45) is 6.99. The first kappa shape index (κ1) is 22.2. The fourth-order valence-electron chi connectivity index (χ4n) is 4.99. The van der Waals surface area contributed by atoms with E-state index in [4.69, 9.17) is 0 Å². The van der Waals surface area contributed by atoms with Gasteiger partial charge in [-0.25, -0.2) is 15.0 Å². The molecule has 1 fully saturated rings. The number of amides is 2. The molecule has 0 bridgehead atoms. The fourth-order valence-corrected chi connectivity index (χ4v) is 4.99. The van der Waals surface area contributed by atoms with Gasteiger partial charge in [0.1, 0.15) is 5.82 Å². The molecule has 3 aromatic rings. The van der Waals surface area contributed by atoms with Gasteiger partial charge in [0.2, 0.25) is 5.95 Å². The molecule has 2 amide bonds. The van der Waals surface area contributed by atoms with E-state index in [2.05, 4.69) is 24.8 Å². The highest BCUT2D eigenvalue weighted by Gasteiger charge is 2.41. The van der Waals surface area contributed by atoms with Crippen LogP contribution in [0.5, 0.6) is 0 Å². The molecule has 5 rings (SSSR count). The molecule has 9 nitrogen and oxygen atoms in total. The Morgan fingerprint density at radius 2 is 1.38 bits per heavy atom. The summed E-state index contributed by atoms with van der Waals surface area (Å²) in [6, 6.07) is 7.46. The molecule has 34 heavy (non-hydrogen) atoms. The predicted molar refractivity (Wildman–Crippen MR) is 128 cm³/mol. The van der Waals surface area contributed by atoms with Crippen molar-refractivity contribution in [2.24, 2.45) is 0 Å². The van der Waals surface area contributed by atoms with E-state index < -0.39 is 0 Å². The maximum absolute atomic E-state index is 13.1. The second-order valence-corrected chi connectivity index (χ2v) is 8.79. The van der Waals surface area contributed by atoms with Gasteiger partial charge in [0.15, 0.2) is 0 Å². The summed E-state index contributed by atoms with van der Waals surface area (Å²) in [7, 11) is 0. The zero-order chi connectivity index (χ0) is 23.7. The minimum atomic E-state index is -0.188. The molecule has 0 spiro atoms. The zero-order valence-electron chi connectivity index (χ0n) is 19.6. The number of carbonyl (C=O) groups excluding carboxylic acids is 2. The molecule has 0 radical (unpaired) electrons. The van der Waals surface area contributed by atoms with Crippen LogP contribution in [0.1, 0.15) is 44.9 Å². The summed E-state index contributed by atoms with van der Waals surface area (Å²) in [5, 5.41) is 0. The number of hydrogen-bond acceptors (Lipinski definition) is 7. The number of nitrogens with zero attached hydrogens (tertiary/aromatic N) is 7. The van der Waals surface area contributed by atoms with Gasteiger partial charge in [0.25, 0.3) is 11.8 Å². The number of imide groups is 1. The number of anilines is 1. The maximum Gasteiger partial charge on any atom is 0.263 e. The van der Waals surface area contributed by atoms with E-state index in [0.717, 1.165) is 68.7 Å². The van der Waals surface area contributed by atoms with E-state index in [1.807, 2.05) is 42.7 Å². The molecule has 1 saturated heterocycles. The van der Waals surface area contributed by atoms with E-state index in [-0.39, 0.29) is 11.8 Å². The van der Waals surface area contributed by atoms with Gasteiger partial charge in [-0.3, -0.25) is 19.4 Å². The topological polar surface area (TPSA) is 87.5 Å². The van der Waals surface area contributed by atoms with Crippen LogP contribution in [-0.4, -0.2) is 80.4 Å². The number of aromatic nitrogens is 4. The number of fused-ring (bicyclic) bond motifs is 1. The lowest BCUT2D eigenvalue weighted by Gasteiger charge is -2.34. The largest absolute Gasteiger partial charge is 0.338 e. The molecule has 0 saturated carbocycles. The van der Waals surface area contributed by atoms with Gasteiger partial charge in [0.05, 0.1) is 11.1 Å². The second-order valence-electron chi connectivity index (χ2n) is 8.79. The molecule has 0 aromatic carbocycles. The van der Waals surface area contributed by atoms with E-state index in [1.54, 1.807) is 18.6 Å². The van der Waals surface area contributed by atoms with Crippen molar-refractivity contribution in [3.8, 4) is 5.82 Å². The van der Waals surface area contributed by atoms with Gasteiger partial charge in [-0.05, 0) is 51.4 Å². The Morgan fingerprint density at radius 3 is 2.00 bits per heavy atom. The highest BCUT2D eigenvalue weighted by Crippen LogP contribution is 2.33. The van der Waals surface area contributed by atoms with E-state index in [0.29, 0.717) is 17.7 Å². The van der Waals surface area contributed by atoms with Crippen molar-refractivity contribution >= 4 is 17.8 Å². The number of unbranched alkanes of at least 4 members (excludes halogenated alkanes) is 1. The van der Waals surface area contributed by atoms with Gasteiger partial charge in [-0.2, -0.15) is 0 Å². The average Bonchev–Trinajstić information content (AvgIpc) is 3.28. The van der Waals surface area contributed by atoms with Crippen LogP contribution in [-0.2, 0) is 0 Å². The minimum Gasteiger partial charge on any atom is -0.338 e. The van der Waals surface area contributed by atoms with Crippen molar-refractivity contribution in [1.82, 2.24) is 29.3 Å². The highest BCUT2D eigenvalue weighted by molar-refractivity contribution is 6.22. The van der Waals surface area contributed by atoms with Crippen LogP contribution in [0, 0.1) is 13.8 Å². The number of rotatable bonds is 7. The Kier molecular flexibility index (Phi) is 6.10. The second kappa shape index (κ2) is 9.34. The molecule has 2 aliphatic rings. The van der Waals surface area contributed by atoms with Crippen molar-refractivity contribution in [2.75, 3.05) is 44.2 Å². The van der Waals surface area contributed by atoms with Gasteiger partial charge in [0, 0.05) is 62.7 Å². The molecule has 9 heteroatoms. The fraction of sp³-hybridized carbons (Fsp3) is 0.400. The molecular weight excluding hydrogens is 430 g/mol. The summed E-state index contributed by atoms with van der Waals surface area (Å²) in [6.45, 7) is 8.90. The van der Waals surface area contributed by atoms with Gasteiger partial charge in [-0.15, -0.1) is 0 Å². The maximum atomic E-state index is 13.1. The molecule has 0 N–H and O–H groups in total. The van der Waals surface area contributed by atoms with Crippen LogP contribution in [0.2, 0.25) is 0 Å². The van der Waals surface area contributed by atoms with Gasteiger partial charge in [-0.1, -0.05) is 6.07 Å². The summed E-state index contributed by atoms with van der Waals surface area (Å²) >= 11 is 0. The van der Waals surface area contributed by atoms with Gasteiger partial charge >= 0.3 is 0 Å². The first-order valence-electron chi connectivity index (χ1n) is 11.8. The van der Waals surface area contributed by atoms with Crippen LogP contribution >= 0.6 is 0 Å². The van der Waals surface area contributed by atoms with E-state index >= 15 is 0 Å². The third-order valence-corrected chi connectivity index (χ3v) is 6.75. The normalized spacial score (nSPS) is 16.4. The highest BCUT2D eigenvalue weighted by atomic mass is 16.2. The first-order chi connectivity index (χ1) is 16.6. The molecule has 3 aromatic heterocycles. The van der Waals surface area contributed by atoms with Crippen molar-refractivity contribution < 1.29 is 9.59 Å². The Bertz CT molecular complexity index is 1150. The number of carbonyl (C=O) groups is 2. The zero-order valence-corrected chi connectivity index (χ0v) is 19.6. The minimum absolute atomic E-state index is 0.188. The molecule has 2 aliphatic heterocycles. The third kappa shape index (κ3) is 3.96. The van der Waals surface area contributed by atoms with Crippen molar-refractivity contribution in [1.29, 1.82) is 0 Å². The molecule has 5 heterocycles. The van der Waals surface area contributed by atoms with E-state index in [9.17, 15) is 9.59 Å². The van der Waals surface area contributed by atoms with Crippen molar-refractivity contribution in [2.45, 2.75) is 26.7 Å². The van der Waals surface area contributed by atoms with Crippen LogP contribution in [0.15, 0.2) is 42.9 Å². The lowest BCUT2D eigenvalue weighted by atomic mass is 10.1. The quantitative estimate of drug-likeness (QED) is 0.396. The van der Waals surface area contributed by atoms with Crippen molar-refractivity contribution in [3.05, 3.63) is 65.4 Å². The molecular formula is C25H29N7O2. The average molecular weight is 460 g/mol. The summed E-state index contributed by atoms with van der Waals surface area (Å²) < 4.78 is 1.90. The SMILES string of the molecule is Cc1c2c(c(C)n1-c1ccccn1)C(=O)N(CCCCN1CCN(c3ncccn3)CC1)C2=O. The van der Waals surface area contributed by atoms with Crippen LogP contribution in [0.3, 0.4) is 0 Å². The molecule has 0 unspecified atom stereocenters. The van der Waals surface area contributed by atoms with Crippen LogP contribution < -0.4 is 4.90 Å². The van der Waals surface area contributed by atoms with Crippen LogP contribution in [0.25, 0.3) is 5.82 Å². The summed E-state index contributed by atoms with van der Waals surface area (Å²) in [5.74, 6) is 1.13. The summed E-state index contributed by atoms with van der Waals surface area (Å²) in [4.78, 5) is 45.4. The molecule has 176 valence electrons. The Balaban J connectivity index is 1.15. The predicted octanol–water partition coefficient (Wildman–Crippen LogP) is 2.48. The van der Waals surface area contributed by atoms with Crippen molar-refractivity contribution in [3.63, 3.8) is 0 Å². The van der Waals surface area contributed by atoms with Gasteiger partial charge < -0.3 is 9.47 Å². The smallest absolute Gasteiger partial charge is 0.263 e. The van der Waals surface area contributed by atoms with Crippen LogP contribution in [0.4, 0.5) is 5.95 Å². The molecule has 0 atom stereocenters. The Morgan fingerprint density at radius 1 is 0.765 bits per heavy atom. The lowest BCUT2D eigenvalue weighted by Crippen LogP contribution is -2.47.